The molecule has 3 rings (SSSR count). The van der Waals surface area contributed by atoms with Crippen LogP contribution in [0, 0.1) is 11.3 Å². The molecule has 6 nitrogen and oxygen atoms in total. The average Bonchev–Trinajstić information content (AvgIpc) is 3.16. The first-order chi connectivity index (χ1) is 12.7. The molecule has 1 atom stereocenters. The maximum Gasteiger partial charge on any atom is 0.347 e. The summed E-state index contributed by atoms with van der Waals surface area (Å²) in [6.45, 7) is 1.74. The summed E-state index contributed by atoms with van der Waals surface area (Å²) in [5, 5.41) is 13.0. The third kappa shape index (κ3) is 4.28. The van der Waals surface area contributed by atoms with Crippen LogP contribution in [-0.2, 0) is 16.1 Å². The molecule has 0 N–H and O–H groups in total. The zero-order valence-electron chi connectivity index (χ0n) is 14.2. The number of ether oxygens (including phenoxy) is 2. The molecule has 6 heteroatoms. The Morgan fingerprint density at radius 1 is 1.19 bits per heavy atom. The van der Waals surface area contributed by atoms with E-state index in [0.717, 1.165) is 11.3 Å². The van der Waals surface area contributed by atoms with Crippen LogP contribution in [0.2, 0.25) is 0 Å². The van der Waals surface area contributed by atoms with E-state index in [0.29, 0.717) is 11.3 Å². The number of para-hydroxylation sites is 1. The van der Waals surface area contributed by atoms with Crippen molar-refractivity contribution in [2.45, 2.75) is 19.6 Å². The fourth-order valence-electron chi connectivity index (χ4n) is 2.29. The summed E-state index contributed by atoms with van der Waals surface area (Å²) in [6.07, 6.45) is 2.72. The molecule has 0 bridgehead atoms. The third-order valence-corrected chi connectivity index (χ3v) is 3.67. The van der Waals surface area contributed by atoms with Gasteiger partial charge in [0.2, 0.25) is 0 Å². The van der Waals surface area contributed by atoms with Crippen LogP contribution in [0.5, 0.6) is 5.75 Å². The minimum Gasteiger partial charge on any atom is -0.479 e. The molecule has 0 saturated heterocycles. The minimum atomic E-state index is -0.757. The van der Waals surface area contributed by atoms with Crippen LogP contribution in [0.3, 0.4) is 0 Å². The lowest BCUT2D eigenvalue weighted by Crippen LogP contribution is -2.25. The second-order valence-electron chi connectivity index (χ2n) is 5.63. The predicted octanol–water partition coefficient (Wildman–Crippen LogP) is 3.25. The predicted molar refractivity (Wildman–Crippen MR) is 94.6 cm³/mol. The van der Waals surface area contributed by atoms with E-state index in [-0.39, 0.29) is 6.61 Å². The number of rotatable bonds is 6. The number of esters is 1. The number of hydrogen-bond donors (Lipinski definition) is 0. The molecule has 3 aromatic rings. The summed E-state index contributed by atoms with van der Waals surface area (Å²) in [5.74, 6) is 0.0344. The van der Waals surface area contributed by atoms with Crippen molar-refractivity contribution in [3.8, 4) is 17.5 Å². The van der Waals surface area contributed by atoms with E-state index >= 15 is 0 Å². The number of carbonyl (C=O) groups is 1. The van der Waals surface area contributed by atoms with Crippen LogP contribution >= 0.6 is 0 Å². The first kappa shape index (κ1) is 17.2. The van der Waals surface area contributed by atoms with Crippen LogP contribution in [0.4, 0.5) is 0 Å². The smallest absolute Gasteiger partial charge is 0.347 e. The van der Waals surface area contributed by atoms with Crippen molar-refractivity contribution >= 4 is 5.97 Å². The summed E-state index contributed by atoms with van der Waals surface area (Å²) in [7, 11) is 0. The minimum absolute atomic E-state index is 0.118. The molecule has 0 aliphatic carbocycles. The normalized spacial score (nSPS) is 11.4. The zero-order chi connectivity index (χ0) is 18.4. The summed E-state index contributed by atoms with van der Waals surface area (Å²) in [4.78, 5) is 12.1. The Kier molecular flexibility index (Phi) is 5.30. The van der Waals surface area contributed by atoms with Crippen LogP contribution in [0.25, 0.3) is 5.69 Å². The van der Waals surface area contributed by atoms with E-state index in [1.54, 1.807) is 42.1 Å². The number of benzene rings is 2. The van der Waals surface area contributed by atoms with Crippen molar-refractivity contribution < 1.29 is 14.3 Å². The highest BCUT2D eigenvalue weighted by atomic mass is 16.6. The Labute approximate surface area is 151 Å². The van der Waals surface area contributed by atoms with Gasteiger partial charge in [0.1, 0.15) is 12.4 Å². The molecule has 0 fully saturated rings. The van der Waals surface area contributed by atoms with Crippen LogP contribution in [0.1, 0.15) is 18.1 Å². The molecule has 1 heterocycles. The van der Waals surface area contributed by atoms with Crippen LogP contribution < -0.4 is 4.74 Å². The molecule has 0 unspecified atom stereocenters. The van der Waals surface area contributed by atoms with Gasteiger partial charge < -0.3 is 9.47 Å². The van der Waals surface area contributed by atoms with Gasteiger partial charge >= 0.3 is 5.97 Å². The van der Waals surface area contributed by atoms with Gasteiger partial charge in [0.05, 0.1) is 23.5 Å². The van der Waals surface area contributed by atoms with Crippen molar-refractivity contribution in [1.82, 2.24) is 9.78 Å². The van der Waals surface area contributed by atoms with Gasteiger partial charge in [0.25, 0.3) is 0 Å². The molecule has 1 aromatic heterocycles. The van der Waals surface area contributed by atoms with Gasteiger partial charge in [-0.3, -0.25) is 0 Å². The maximum absolute atomic E-state index is 12.1. The molecule has 0 spiro atoms. The van der Waals surface area contributed by atoms with Gasteiger partial charge in [0, 0.05) is 11.8 Å². The molecule has 130 valence electrons. The zero-order valence-corrected chi connectivity index (χ0v) is 14.2. The lowest BCUT2D eigenvalue weighted by atomic mass is 10.2. The molecular weight excluding hydrogens is 330 g/mol. The van der Waals surface area contributed by atoms with E-state index in [4.69, 9.17) is 14.7 Å². The van der Waals surface area contributed by atoms with Crippen molar-refractivity contribution in [3.63, 3.8) is 0 Å². The molecule has 0 amide bonds. The van der Waals surface area contributed by atoms with Gasteiger partial charge in [-0.05, 0) is 43.3 Å². The van der Waals surface area contributed by atoms with E-state index in [9.17, 15) is 4.79 Å². The van der Waals surface area contributed by atoms with Crippen molar-refractivity contribution in [2.75, 3.05) is 0 Å². The first-order valence-electron chi connectivity index (χ1n) is 8.08. The summed E-state index contributed by atoms with van der Waals surface area (Å²) in [5.41, 5.74) is 2.25. The number of nitriles is 1. The Hall–Kier alpha value is -3.59. The van der Waals surface area contributed by atoms with E-state index < -0.39 is 12.1 Å². The molecular formula is C20H17N3O3. The van der Waals surface area contributed by atoms with Crippen molar-refractivity contribution in [2.24, 2.45) is 0 Å². The third-order valence-electron chi connectivity index (χ3n) is 3.67. The van der Waals surface area contributed by atoms with Gasteiger partial charge in [-0.25, -0.2) is 9.48 Å². The van der Waals surface area contributed by atoms with Gasteiger partial charge in [-0.1, -0.05) is 18.2 Å². The van der Waals surface area contributed by atoms with Gasteiger partial charge in [-0.15, -0.1) is 0 Å². The molecule has 0 radical (unpaired) electrons. The highest BCUT2D eigenvalue weighted by Crippen LogP contribution is 2.14. The molecule has 0 saturated carbocycles. The Bertz CT molecular complexity index is 911. The molecule has 0 aliphatic heterocycles. The first-order valence-corrected chi connectivity index (χ1v) is 8.08. The Morgan fingerprint density at radius 2 is 1.92 bits per heavy atom. The highest BCUT2D eigenvalue weighted by Gasteiger charge is 2.17. The molecule has 0 aliphatic rings. The fourth-order valence-corrected chi connectivity index (χ4v) is 2.29. The topological polar surface area (TPSA) is 77.1 Å². The van der Waals surface area contributed by atoms with Crippen molar-refractivity contribution in [1.29, 1.82) is 5.26 Å². The lowest BCUT2D eigenvalue weighted by Gasteiger charge is -2.13. The SMILES string of the molecule is C[C@H](Oc1ccc(C#N)cc1)C(=O)OCc1cnn(-c2ccccc2)c1. The number of carbonyl (C=O) groups excluding carboxylic acids is 1. The van der Waals surface area contributed by atoms with E-state index in [2.05, 4.69) is 5.10 Å². The Morgan fingerprint density at radius 3 is 2.62 bits per heavy atom. The van der Waals surface area contributed by atoms with E-state index in [1.807, 2.05) is 42.6 Å². The summed E-state index contributed by atoms with van der Waals surface area (Å²) in [6, 6.07) is 18.3. The Balaban J connectivity index is 1.53. The van der Waals surface area contributed by atoms with E-state index in [1.165, 1.54) is 0 Å². The highest BCUT2D eigenvalue weighted by molar-refractivity contribution is 5.74. The lowest BCUT2D eigenvalue weighted by molar-refractivity contribution is -0.152. The van der Waals surface area contributed by atoms with Crippen LogP contribution in [0.15, 0.2) is 67.0 Å². The largest absolute Gasteiger partial charge is 0.479 e. The molecule has 26 heavy (non-hydrogen) atoms. The average molecular weight is 347 g/mol. The molecule has 2 aromatic carbocycles. The van der Waals surface area contributed by atoms with Gasteiger partial charge in [0.15, 0.2) is 6.10 Å². The van der Waals surface area contributed by atoms with Crippen molar-refractivity contribution in [3.05, 3.63) is 78.1 Å². The monoisotopic (exact) mass is 347 g/mol. The number of nitrogens with zero attached hydrogens (tertiary/aromatic N) is 3. The quantitative estimate of drug-likeness (QED) is 0.640. The second kappa shape index (κ2) is 7.99. The summed E-state index contributed by atoms with van der Waals surface area (Å²) >= 11 is 0. The number of hydrogen-bond acceptors (Lipinski definition) is 5. The standard InChI is InChI=1S/C20H17N3O3/c1-15(26-19-9-7-16(11-21)8-10-19)20(24)25-14-17-12-22-23(13-17)18-5-3-2-4-6-18/h2-10,12-13,15H,14H2,1H3/t15-/m0/s1. The van der Waals surface area contributed by atoms with Crippen LogP contribution in [-0.4, -0.2) is 21.9 Å². The number of aromatic nitrogens is 2. The second-order valence-corrected chi connectivity index (χ2v) is 5.63. The van der Waals surface area contributed by atoms with Gasteiger partial charge in [-0.2, -0.15) is 10.4 Å². The fraction of sp³-hybridized carbons (Fsp3) is 0.150. The maximum atomic E-state index is 12.1. The summed E-state index contributed by atoms with van der Waals surface area (Å²) < 4.78 is 12.5.